The first-order valence-electron chi connectivity index (χ1n) is 12.7. The van der Waals surface area contributed by atoms with Gasteiger partial charge in [-0.1, -0.05) is 26.2 Å². The molecule has 208 valence electrons. The van der Waals surface area contributed by atoms with E-state index in [1.165, 1.54) is 12.1 Å². The number of nitrogens with zero attached hydrogens (tertiary/aromatic N) is 1. The molecule has 3 rings (SSSR count). The number of aromatic nitrogens is 1. The second-order valence-electron chi connectivity index (χ2n) is 8.93. The fraction of sp³-hybridized carbons (Fsp3) is 0.345. The average molecular weight is 545 g/mol. The van der Waals surface area contributed by atoms with Crippen LogP contribution in [0.2, 0.25) is 0 Å². The zero-order chi connectivity index (χ0) is 28.3. The summed E-state index contributed by atoms with van der Waals surface area (Å²) in [5, 5.41) is 11.3. The Hall–Kier alpha value is -4.08. The smallest absolute Gasteiger partial charge is 0.416 e. The van der Waals surface area contributed by atoms with Gasteiger partial charge in [-0.3, -0.25) is 9.59 Å². The van der Waals surface area contributed by atoms with Crippen molar-refractivity contribution in [2.45, 2.75) is 57.7 Å². The predicted molar refractivity (Wildman–Crippen MR) is 139 cm³/mol. The van der Waals surface area contributed by atoms with Gasteiger partial charge in [-0.2, -0.15) is 13.2 Å². The van der Waals surface area contributed by atoms with Crippen LogP contribution in [-0.2, 0) is 11.0 Å². The van der Waals surface area contributed by atoms with E-state index in [-0.39, 0.29) is 36.6 Å². The molecule has 0 aliphatic carbocycles. The van der Waals surface area contributed by atoms with Crippen molar-refractivity contribution >= 4 is 11.9 Å². The number of aliphatic carboxylic acids is 1. The van der Waals surface area contributed by atoms with E-state index in [1.807, 2.05) is 0 Å². The third kappa shape index (κ3) is 9.63. The topological polar surface area (TPSA) is 97.8 Å². The fourth-order valence-corrected chi connectivity index (χ4v) is 3.76. The maximum absolute atomic E-state index is 12.8. The molecule has 0 saturated heterocycles. The number of amides is 1. The van der Waals surface area contributed by atoms with Gasteiger partial charge in [-0.25, -0.2) is 4.98 Å². The number of alkyl halides is 3. The first kappa shape index (κ1) is 29.5. The van der Waals surface area contributed by atoms with Crippen molar-refractivity contribution in [1.29, 1.82) is 0 Å². The number of carboxylic acids is 1. The molecular weight excluding hydrogens is 513 g/mol. The summed E-state index contributed by atoms with van der Waals surface area (Å²) < 4.78 is 50.2. The molecule has 1 aromatic heterocycles. The molecule has 1 amide bonds. The number of carbonyl (C=O) groups is 2. The van der Waals surface area contributed by atoms with E-state index in [0.717, 1.165) is 49.8 Å². The van der Waals surface area contributed by atoms with Gasteiger partial charge in [0.25, 0.3) is 5.91 Å². The Morgan fingerprint density at radius 3 is 2.23 bits per heavy atom. The standard InChI is InChI=1S/C29H31F3N2O5/c1-2-3-4-5-6-25(38-23-12-7-20(8-13-23)28(37)33-18-17-27(35)36)21-9-16-26(34-19-21)39-24-14-10-22(11-15-24)29(30,31)32/h7-16,19,25H,2-6,17-18H2,1H3,(H,33,37)(H,35,36). The summed E-state index contributed by atoms with van der Waals surface area (Å²) in [6, 6.07) is 14.4. The van der Waals surface area contributed by atoms with Gasteiger partial charge < -0.3 is 19.9 Å². The fourth-order valence-electron chi connectivity index (χ4n) is 3.76. The maximum atomic E-state index is 12.8. The van der Waals surface area contributed by atoms with Gasteiger partial charge in [-0.05, 0) is 67.4 Å². The van der Waals surface area contributed by atoms with E-state index in [2.05, 4.69) is 17.2 Å². The average Bonchev–Trinajstić information content (AvgIpc) is 2.91. The zero-order valence-corrected chi connectivity index (χ0v) is 21.5. The summed E-state index contributed by atoms with van der Waals surface area (Å²) in [7, 11) is 0. The number of unbranched alkanes of at least 4 members (excludes halogenated alkanes) is 3. The zero-order valence-electron chi connectivity index (χ0n) is 21.5. The van der Waals surface area contributed by atoms with Crippen LogP contribution in [0.3, 0.4) is 0 Å². The molecule has 0 saturated carbocycles. The molecule has 10 heteroatoms. The first-order chi connectivity index (χ1) is 18.7. The van der Waals surface area contributed by atoms with Crippen molar-refractivity contribution in [3.8, 4) is 17.4 Å². The van der Waals surface area contributed by atoms with E-state index in [1.54, 1.807) is 42.6 Å². The molecule has 2 N–H and O–H groups in total. The molecule has 2 aromatic carbocycles. The third-order valence-corrected chi connectivity index (χ3v) is 5.87. The lowest BCUT2D eigenvalue weighted by molar-refractivity contribution is -0.138. The minimum Gasteiger partial charge on any atom is -0.486 e. The SMILES string of the molecule is CCCCCCC(Oc1ccc(C(=O)NCCC(=O)O)cc1)c1ccc(Oc2ccc(C(F)(F)F)cc2)nc1. The summed E-state index contributed by atoms with van der Waals surface area (Å²) in [5.74, 6) is -0.323. The Balaban J connectivity index is 1.66. The molecule has 0 fully saturated rings. The molecule has 0 spiro atoms. The lowest BCUT2D eigenvalue weighted by Gasteiger charge is -2.20. The quantitative estimate of drug-likeness (QED) is 0.209. The number of hydrogen-bond acceptors (Lipinski definition) is 5. The molecule has 0 bridgehead atoms. The van der Waals surface area contributed by atoms with Gasteiger partial charge in [0.2, 0.25) is 5.88 Å². The largest absolute Gasteiger partial charge is 0.486 e. The summed E-state index contributed by atoms with van der Waals surface area (Å²) in [6.45, 7) is 2.17. The molecule has 39 heavy (non-hydrogen) atoms. The molecular formula is C29H31F3N2O5. The van der Waals surface area contributed by atoms with Crippen LogP contribution in [0, 0.1) is 0 Å². The van der Waals surface area contributed by atoms with Crippen LogP contribution in [0.1, 0.15) is 73.0 Å². The first-order valence-corrected chi connectivity index (χ1v) is 12.7. The van der Waals surface area contributed by atoms with Crippen molar-refractivity contribution < 1.29 is 37.3 Å². The number of benzene rings is 2. The predicted octanol–water partition coefficient (Wildman–Crippen LogP) is 7.19. The van der Waals surface area contributed by atoms with E-state index in [9.17, 15) is 22.8 Å². The Kier molecular flexibility index (Phi) is 10.7. The summed E-state index contributed by atoms with van der Waals surface area (Å²) in [4.78, 5) is 27.1. The molecule has 7 nitrogen and oxygen atoms in total. The maximum Gasteiger partial charge on any atom is 0.416 e. The van der Waals surface area contributed by atoms with Crippen molar-refractivity contribution in [3.63, 3.8) is 0 Å². The number of pyridine rings is 1. The molecule has 1 atom stereocenters. The van der Waals surface area contributed by atoms with E-state index in [0.29, 0.717) is 11.3 Å². The second-order valence-corrected chi connectivity index (χ2v) is 8.93. The van der Waals surface area contributed by atoms with Crippen molar-refractivity contribution in [2.75, 3.05) is 6.54 Å². The van der Waals surface area contributed by atoms with Crippen molar-refractivity contribution in [2.24, 2.45) is 0 Å². The second kappa shape index (κ2) is 14.2. The van der Waals surface area contributed by atoms with Crippen molar-refractivity contribution in [3.05, 3.63) is 83.6 Å². The number of halogens is 3. The molecule has 0 aliphatic rings. The van der Waals surface area contributed by atoms with Crippen LogP contribution in [0.15, 0.2) is 66.9 Å². The van der Waals surface area contributed by atoms with Gasteiger partial charge in [0.05, 0.1) is 12.0 Å². The summed E-state index contributed by atoms with van der Waals surface area (Å²) >= 11 is 0. The Labute approximate surface area is 225 Å². The van der Waals surface area contributed by atoms with Crippen LogP contribution in [0.5, 0.6) is 17.4 Å². The normalized spacial score (nSPS) is 12.0. The Morgan fingerprint density at radius 1 is 0.949 bits per heavy atom. The summed E-state index contributed by atoms with van der Waals surface area (Å²) in [6.07, 6.45) is 1.65. The molecule has 1 heterocycles. The number of hydrogen-bond donors (Lipinski definition) is 2. The lowest BCUT2D eigenvalue weighted by atomic mass is 10.0. The lowest BCUT2D eigenvalue weighted by Crippen LogP contribution is -2.25. The van der Waals surface area contributed by atoms with Crippen LogP contribution < -0.4 is 14.8 Å². The molecule has 1 unspecified atom stereocenters. The monoisotopic (exact) mass is 544 g/mol. The van der Waals surface area contributed by atoms with E-state index >= 15 is 0 Å². The van der Waals surface area contributed by atoms with Crippen LogP contribution in [0.4, 0.5) is 13.2 Å². The third-order valence-electron chi connectivity index (χ3n) is 5.87. The van der Waals surface area contributed by atoms with Gasteiger partial charge in [0.1, 0.15) is 17.6 Å². The number of carbonyl (C=O) groups excluding carboxylic acids is 1. The van der Waals surface area contributed by atoms with E-state index < -0.39 is 17.7 Å². The molecule has 0 aliphatic heterocycles. The Morgan fingerprint density at radius 2 is 1.64 bits per heavy atom. The highest BCUT2D eigenvalue weighted by molar-refractivity contribution is 5.94. The highest BCUT2D eigenvalue weighted by Crippen LogP contribution is 2.32. The number of ether oxygens (including phenoxy) is 2. The number of carboxylic acid groups (broad SMARTS) is 1. The van der Waals surface area contributed by atoms with Crippen molar-refractivity contribution in [1.82, 2.24) is 10.3 Å². The highest BCUT2D eigenvalue weighted by Gasteiger charge is 2.30. The van der Waals surface area contributed by atoms with Gasteiger partial charge >= 0.3 is 12.1 Å². The molecule has 3 aromatic rings. The minimum atomic E-state index is -4.42. The summed E-state index contributed by atoms with van der Waals surface area (Å²) in [5.41, 5.74) is 0.438. The number of nitrogens with one attached hydrogen (secondary N) is 1. The van der Waals surface area contributed by atoms with Crippen LogP contribution >= 0.6 is 0 Å². The van der Waals surface area contributed by atoms with Gasteiger partial charge in [0.15, 0.2) is 0 Å². The van der Waals surface area contributed by atoms with Crippen LogP contribution in [-0.4, -0.2) is 28.5 Å². The van der Waals surface area contributed by atoms with Gasteiger partial charge in [-0.15, -0.1) is 0 Å². The molecule has 0 radical (unpaired) electrons. The Bertz CT molecular complexity index is 1200. The minimum absolute atomic E-state index is 0.0395. The highest BCUT2D eigenvalue weighted by atomic mass is 19.4. The number of rotatable bonds is 14. The van der Waals surface area contributed by atoms with Crippen LogP contribution in [0.25, 0.3) is 0 Å². The van der Waals surface area contributed by atoms with Gasteiger partial charge in [0, 0.05) is 29.9 Å². The van der Waals surface area contributed by atoms with E-state index in [4.69, 9.17) is 14.6 Å².